The topological polar surface area (TPSA) is 83.0 Å². The fraction of sp³-hybridized carbons (Fsp3) is 0.611. The smallest absolute Gasteiger partial charge is 0.215 e. The van der Waals surface area contributed by atoms with Gasteiger partial charge in [0.25, 0.3) is 0 Å². The lowest BCUT2D eigenvalue weighted by molar-refractivity contribution is 0.241. The quantitative estimate of drug-likeness (QED) is 0.301. The standard InChI is InChI=1S/C18H30N4O3S.HI/c1-4-19-18(20-11-12-26(23,24)22(5-2)6-3)21-14-16-13-15-9-7-8-10-17(15)25-16;/h7-10,16H,4-6,11-14H2,1-3H3,(H2,19,20,21);1H. The minimum absolute atomic E-state index is 0. The predicted octanol–water partition coefficient (Wildman–Crippen LogP) is 1.83. The number of hydrogen-bond donors (Lipinski definition) is 2. The molecule has 0 aromatic heterocycles. The SMILES string of the molecule is CCNC(=NCC1Cc2ccccc2O1)NCCS(=O)(=O)N(CC)CC.I. The minimum Gasteiger partial charge on any atom is -0.488 e. The maximum atomic E-state index is 12.2. The average Bonchev–Trinajstić information content (AvgIpc) is 3.03. The van der Waals surface area contributed by atoms with Gasteiger partial charge in [0.2, 0.25) is 10.0 Å². The Kier molecular flexibility index (Phi) is 10.4. The molecule has 7 nitrogen and oxygen atoms in total. The molecule has 154 valence electrons. The van der Waals surface area contributed by atoms with Gasteiger partial charge in [0.1, 0.15) is 11.9 Å². The average molecular weight is 510 g/mol. The molecule has 1 heterocycles. The van der Waals surface area contributed by atoms with Crippen LogP contribution in [0, 0.1) is 0 Å². The van der Waals surface area contributed by atoms with Crippen LogP contribution in [0.1, 0.15) is 26.3 Å². The van der Waals surface area contributed by atoms with Gasteiger partial charge in [-0.15, -0.1) is 24.0 Å². The van der Waals surface area contributed by atoms with Crippen molar-refractivity contribution in [3.63, 3.8) is 0 Å². The van der Waals surface area contributed by atoms with E-state index in [1.165, 1.54) is 9.87 Å². The Morgan fingerprint density at radius 3 is 2.56 bits per heavy atom. The van der Waals surface area contributed by atoms with Crippen LogP contribution in [0.5, 0.6) is 5.75 Å². The van der Waals surface area contributed by atoms with E-state index in [0.717, 1.165) is 12.2 Å². The third-order valence-corrected chi connectivity index (χ3v) is 6.29. The van der Waals surface area contributed by atoms with E-state index in [2.05, 4.69) is 21.7 Å². The van der Waals surface area contributed by atoms with Gasteiger partial charge in [-0.25, -0.2) is 17.7 Å². The van der Waals surface area contributed by atoms with Crippen molar-refractivity contribution in [1.29, 1.82) is 0 Å². The van der Waals surface area contributed by atoms with E-state index in [4.69, 9.17) is 4.74 Å². The summed E-state index contributed by atoms with van der Waals surface area (Å²) in [5.41, 5.74) is 1.20. The normalized spacial score (nSPS) is 16.4. The number of sulfonamides is 1. The number of aliphatic imine (C=N–C) groups is 1. The number of benzene rings is 1. The summed E-state index contributed by atoms with van der Waals surface area (Å²) in [6, 6.07) is 8.02. The highest BCUT2D eigenvalue weighted by Gasteiger charge is 2.22. The fourth-order valence-corrected chi connectivity index (χ4v) is 4.34. The maximum absolute atomic E-state index is 12.2. The Labute approximate surface area is 180 Å². The Balaban J connectivity index is 0.00000364. The number of fused-ring (bicyclic) bond motifs is 1. The Hall–Kier alpha value is -1.07. The molecule has 0 spiro atoms. The zero-order valence-corrected chi connectivity index (χ0v) is 19.4. The van der Waals surface area contributed by atoms with Crippen molar-refractivity contribution in [2.75, 3.05) is 38.5 Å². The maximum Gasteiger partial charge on any atom is 0.215 e. The second-order valence-electron chi connectivity index (χ2n) is 6.10. The van der Waals surface area contributed by atoms with Crippen molar-refractivity contribution >= 4 is 40.0 Å². The van der Waals surface area contributed by atoms with Gasteiger partial charge in [-0.05, 0) is 18.6 Å². The van der Waals surface area contributed by atoms with Gasteiger partial charge in [0.05, 0.1) is 12.3 Å². The van der Waals surface area contributed by atoms with Gasteiger partial charge in [-0.2, -0.15) is 0 Å². The molecule has 0 amide bonds. The van der Waals surface area contributed by atoms with Crippen molar-refractivity contribution in [1.82, 2.24) is 14.9 Å². The van der Waals surface area contributed by atoms with E-state index < -0.39 is 10.0 Å². The molecule has 0 saturated heterocycles. The van der Waals surface area contributed by atoms with Crippen LogP contribution in [0.3, 0.4) is 0 Å². The first-order valence-corrected chi connectivity index (χ1v) is 10.9. The van der Waals surface area contributed by atoms with Crippen molar-refractivity contribution in [3.05, 3.63) is 29.8 Å². The molecule has 0 aliphatic carbocycles. The zero-order chi connectivity index (χ0) is 19.0. The number of halogens is 1. The number of rotatable bonds is 9. The predicted molar refractivity (Wildman–Crippen MR) is 121 cm³/mol. The highest BCUT2D eigenvalue weighted by atomic mass is 127. The summed E-state index contributed by atoms with van der Waals surface area (Å²) < 4.78 is 31.8. The Morgan fingerprint density at radius 2 is 1.93 bits per heavy atom. The molecule has 2 N–H and O–H groups in total. The van der Waals surface area contributed by atoms with E-state index in [-0.39, 0.29) is 35.8 Å². The summed E-state index contributed by atoms with van der Waals surface area (Å²) in [4.78, 5) is 4.54. The van der Waals surface area contributed by atoms with Crippen molar-refractivity contribution in [2.24, 2.45) is 4.99 Å². The third kappa shape index (κ3) is 7.11. The lowest BCUT2D eigenvalue weighted by Gasteiger charge is -2.19. The summed E-state index contributed by atoms with van der Waals surface area (Å²) in [6.45, 7) is 8.20. The molecule has 1 aliphatic heterocycles. The molecule has 1 atom stereocenters. The molecule has 1 unspecified atom stereocenters. The summed E-state index contributed by atoms with van der Waals surface area (Å²) in [5.74, 6) is 1.59. The number of ether oxygens (including phenoxy) is 1. The number of para-hydroxylation sites is 1. The molecule has 2 rings (SSSR count). The lowest BCUT2D eigenvalue weighted by atomic mass is 10.1. The number of guanidine groups is 1. The Morgan fingerprint density at radius 1 is 1.22 bits per heavy atom. The Bertz CT molecular complexity index is 683. The fourth-order valence-electron chi connectivity index (χ4n) is 2.94. The van der Waals surface area contributed by atoms with E-state index >= 15 is 0 Å². The zero-order valence-electron chi connectivity index (χ0n) is 16.3. The van der Waals surface area contributed by atoms with Crippen LogP contribution in [-0.2, 0) is 16.4 Å². The van der Waals surface area contributed by atoms with E-state index in [1.807, 2.05) is 39.0 Å². The molecule has 0 bridgehead atoms. The lowest BCUT2D eigenvalue weighted by Crippen LogP contribution is -2.42. The van der Waals surface area contributed by atoms with Crippen LogP contribution >= 0.6 is 24.0 Å². The number of hydrogen-bond acceptors (Lipinski definition) is 4. The summed E-state index contributed by atoms with van der Waals surface area (Å²) >= 11 is 0. The third-order valence-electron chi connectivity index (χ3n) is 4.26. The van der Waals surface area contributed by atoms with Crippen LogP contribution in [0.25, 0.3) is 0 Å². The highest BCUT2D eigenvalue weighted by molar-refractivity contribution is 14.0. The first-order chi connectivity index (χ1) is 12.5. The first-order valence-electron chi connectivity index (χ1n) is 9.24. The number of nitrogens with zero attached hydrogens (tertiary/aromatic N) is 2. The monoisotopic (exact) mass is 510 g/mol. The van der Waals surface area contributed by atoms with Gasteiger partial charge >= 0.3 is 0 Å². The summed E-state index contributed by atoms with van der Waals surface area (Å²) in [6.07, 6.45) is 0.859. The van der Waals surface area contributed by atoms with Crippen molar-refractivity contribution < 1.29 is 13.2 Å². The molecule has 1 aliphatic rings. The molecule has 0 radical (unpaired) electrons. The van der Waals surface area contributed by atoms with Crippen LogP contribution in [-0.4, -0.2) is 63.3 Å². The van der Waals surface area contributed by atoms with Gasteiger partial charge in [-0.1, -0.05) is 32.0 Å². The first kappa shape index (κ1) is 24.0. The molecule has 1 aromatic rings. The van der Waals surface area contributed by atoms with Crippen molar-refractivity contribution in [3.8, 4) is 5.75 Å². The van der Waals surface area contributed by atoms with Crippen LogP contribution in [0.15, 0.2) is 29.3 Å². The molecule has 9 heteroatoms. The second-order valence-corrected chi connectivity index (χ2v) is 8.19. The molecule has 0 saturated carbocycles. The van der Waals surface area contributed by atoms with Gasteiger partial charge in [0, 0.05) is 32.6 Å². The van der Waals surface area contributed by atoms with E-state index in [1.54, 1.807) is 0 Å². The molecule has 27 heavy (non-hydrogen) atoms. The summed E-state index contributed by atoms with van der Waals surface area (Å²) in [5, 5.41) is 6.25. The van der Waals surface area contributed by atoms with Crippen LogP contribution in [0.4, 0.5) is 0 Å². The van der Waals surface area contributed by atoms with Gasteiger partial charge < -0.3 is 15.4 Å². The van der Waals surface area contributed by atoms with E-state index in [9.17, 15) is 8.42 Å². The molecular weight excluding hydrogens is 479 g/mol. The molecule has 0 fully saturated rings. The van der Waals surface area contributed by atoms with Crippen molar-refractivity contribution in [2.45, 2.75) is 33.3 Å². The molecular formula is C18H31IN4O3S. The second kappa shape index (κ2) is 11.7. The molecule has 1 aromatic carbocycles. The largest absolute Gasteiger partial charge is 0.488 e. The minimum atomic E-state index is -3.24. The van der Waals surface area contributed by atoms with Crippen LogP contribution < -0.4 is 15.4 Å². The van der Waals surface area contributed by atoms with Gasteiger partial charge in [0.15, 0.2) is 5.96 Å². The summed E-state index contributed by atoms with van der Waals surface area (Å²) in [7, 11) is -3.24. The van der Waals surface area contributed by atoms with E-state index in [0.29, 0.717) is 38.7 Å². The van der Waals surface area contributed by atoms with Gasteiger partial charge in [-0.3, -0.25) is 0 Å². The number of nitrogens with one attached hydrogen (secondary N) is 2. The highest BCUT2D eigenvalue weighted by Crippen LogP contribution is 2.28. The van der Waals surface area contributed by atoms with Crippen LogP contribution in [0.2, 0.25) is 0 Å².